The fourth-order valence-electron chi connectivity index (χ4n) is 1.75. The van der Waals surface area contributed by atoms with Crippen LogP contribution in [0.4, 0.5) is 0 Å². The van der Waals surface area contributed by atoms with Gasteiger partial charge < -0.3 is 9.88 Å². The monoisotopic (exact) mass is 198 g/mol. The Morgan fingerprint density at radius 1 is 1.62 bits per heavy atom. The van der Waals surface area contributed by atoms with Crippen LogP contribution in [0.5, 0.6) is 0 Å². The van der Waals surface area contributed by atoms with Crippen molar-refractivity contribution in [2.75, 3.05) is 6.54 Å². The third kappa shape index (κ3) is 1.56. The maximum absolute atomic E-state index is 11.6. The largest absolute Gasteiger partial charge is 0.311 e. The van der Waals surface area contributed by atoms with Crippen LogP contribution in [0.25, 0.3) is 0 Å². The van der Waals surface area contributed by atoms with Gasteiger partial charge in [0.1, 0.15) is 0 Å². The number of nitrogens with one attached hydrogen (secondary N) is 1. The molecule has 72 valence electrons. The number of fused-ring (bicyclic) bond motifs is 1. The van der Waals surface area contributed by atoms with Crippen molar-refractivity contribution in [2.24, 2.45) is 0 Å². The lowest BCUT2D eigenvalue weighted by molar-refractivity contribution is 0.576. The van der Waals surface area contributed by atoms with Crippen molar-refractivity contribution in [3.63, 3.8) is 0 Å². The van der Waals surface area contributed by atoms with Crippen molar-refractivity contribution in [2.45, 2.75) is 32.9 Å². The number of aromatic nitrogens is 1. The van der Waals surface area contributed by atoms with Gasteiger partial charge in [-0.25, -0.2) is 0 Å². The van der Waals surface area contributed by atoms with E-state index in [1.54, 1.807) is 0 Å². The summed E-state index contributed by atoms with van der Waals surface area (Å²) >= 11 is 1.40. The van der Waals surface area contributed by atoms with E-state index >= 15 is 0 Å². The predicted molar refractivity (Wildman–Crippen MR) is 54.3 cm³/mol. The molecule has 0 atom stereocenters. The molecule has 0 amide bonds. The smallest absolute Gasteiger partial charge is 0.307 e. The molecule has 2 rings (SSSR count). The highest BCUT2D eigenvalue weighted by Crippen LogP contribution is 2.16. The highest BCUT2D eigenvalue weighted by Gasteiger charge is 2.16. The Morgan fingerprint density at radius 3 is 3.23 bits per heavy atom. The normalized spacial score (nSPS) is 15.8. The van der Waals surface area contributed by atoms with Gasteiger partial charge in [-0.05, 0) is 6.42 Å². The van der Waals surface area contributed by atoms with Crippen molar-refractivity contribution >= 4 is 11.3 Å². The van der Waals surface area contributed by atoms with Crippen molar-refractivity contribution in [3.8, 4) is 0 Å². The van der Waals surface area contributed by atoms with Gasteiger partial charge in [0.05, 0.1) is 0 Å². The van der Waals surface area contributed by atoms with Crippen molar-refractivity contribution in [1.29, 1.82) is 0 Å². The maximum atomic E-state index is 11.6. The Bertz CT molecular complexity index is 353. The van der Waals surface area contributed by atoms with Gasteiger partial charge in [0, 0.05) is 36.6 Å². The minimum absolute atomic E-state index is 0.218. The summed E-state index contributed by atoms with van der Waals surface area (Å²) in [6.07, 6.45) is 2.05. The Morgan fingerprint density at radius 2 is 2.46 bits per heavy atom. The second-order valence-electron chi connectivity index (χ2n) is 3.32. The first-order valence-electron chi connectivity index (χ1n) is 4.75. The average molecular weight is 198 g/mol. The summed E-state index contributed by atoms with van der Waals surface area (Å²) in [5.41, 5.74) is 1.27. The minimum atomic E-state index is 0.218. The molecule has 4 heteroatoms. The summed E-state index contributed by atoms with van der Waals surface area (Å²) in [5, 5.41) is 3.28. The van der Waals surface area contributed by atoms with E-state index in [0.717, 1.165) is 32.5 Å². The second-order valence-corrected chi connectivity index (χ2v) is 4.36. The lowest BCUT2D eigenvalue weighted by Crippen LogP contribution is -2.25. The molecule has 1 aromatic rings. The van der Waals surface area contributed by atoms with Crippen molar-refractivity contribution in [1.82, 2.24) is 9.88 Å². The van der Waals surface area contributed by atoms with Gasteiger partial charge >= 0.3 is 4.87 Å². The van der Waals surface area contributed by atoms with Crippen LogP contribution in [0.2, 0.25) is 0 Å². The van der Waals surface area contributed by atoms with Gasteiger partial charge in [-0.1, -0.05) is 18.3 Å². The molecule has 0 saturated heterocycles. The summed E-state index contributed by atoms with van der Waals surface area (Å²) in [6.45, 7) is 4.88. The van der Waals surface area contributed by atoms with E-state index < -0.39 is 0 Å². The van der Waals surface area contributed by atoms with E-state index in [-0.39, 0.29) is 4.87 Å². The standard InChI is InChI=1S/C9H14N2OS/c1-2-5-11-7-3-4-10-6-8(7)13-9(11)12/h10H,2-6H2,1H3. The van der Waals surface area contributed by atoms with Gasteiger partial charge in [0.25, 0.3) is 0 Å². The Kier molecular flexibility index (Phi) is 2.51. The fraction of sp³-hybridized carbons (Fsp3) is 0.667. The highest BCUT2D eigenvalue weighted by molar-refractivity contribution is 7.09. The number of rotatable bonds is 2. The van der Waals surface area contributed by atoms with Crippen molar-refractivity contribution < 1.29 is 0 Å². The number of nitrogens with zero attached hydrogens (tertiary/aromatic N) is 1. The summed E-state index contributed by atoms with van der Waals surface area (Å²) in [5.74, 6) is 0. The first-order chi connectivity index (χ1) is 6.33. The van der Waals surface area contributed by atoms with Crippen LogP contribution in [0.1, 0.15) is 23.9 Å². The molecule has 2 heterocycles. The molecule has 0 unspecified atom stereocenters. The Balaban J connectivity index is 2.42. The van der Waals surface area contributed by atoms with Crippen LogP contribution in [0.3, 0.4) is 0 Å². The van der Waals surface area contributed by atoms with Crippen molar-refractivity contribution in [3.05, 3.63) is 20.2 Å². The molecule has 1 aliphatic heterocycles. The molecule has 0 aliphatic carbocycles. The van der Waals surface area contributed by atoms with Crippen LogP contribution in [0.15, 0.2) is 4.79 Å². The molecule has 0 saturated carbocycles. The first kappa shape index (κ1) is 8.97. The van der Waals surface area contributed by atoms with Gasteiger partial charge in [-0.3, -0.25) is 4.79 Å². The number of hydrogen-bond acceptors (Lipinski definition) is 3. The molecule has 0 radical (unpaired) electrons. The minimum Gasteiger partial charge on any atom is -0.311 e. The van der Waals surface area contributed by atoms with E-state index in [0.29, 0.717) is 0 Å². The van der Waals surface area contributed by atoms with Gasteiger partial charge in [0.15, 0.2) is 0 Å². The van der Waals surface area contributed by atoms with E-state index in [1.807, 2.05) is 4.57 Å². The lowest BCUT2D eigenvalue weighted by atomic mass is 10.2. The molecule has 1 aliphatic rings. The topological polar surface area (TPSA) is 34.0 Å². The molecule has 0 aromatic carbocycles. The zero-order valence-electron chi connectivity index (χ0n) is 7.80. The zero-order valence-corrected chi connectivity index (χ0v) is 8.62. The van der Waals surface area contributed by atoms with Gasteiger partial charge in [0.2, 0.25) is 0 Å². The molecular formula is C9H14N2OS. The quantitative estimate of drug-likeness (QED) is 0.768. The molecule has 0 spiro atoms. The molecule has 0 fully saturated rings. The first-order valence-corrected chi connectivity index (χ1v) is 5.56. The molecule has 13 heavy (non-hydrogen) atoms. The molecule has 1 N–H and O–H groups in total. The third-order valence-corrected chi connectivity index (χ3v) is 3.37. The summed E-state index contributed by atoms with van der Waals surface area (Å²) in [4.78, 5) is 13.0. The van der Waals surface area contributed by atoms with Gasteiger partial charge in [-0.15, -0.1) is 0 Å². The van der Waals surface area contributed by atoms with Crippen LogP contribution in [-0.2, 0) is 19.5 Å². The molecule has 0 bridgehead atoms. The van der Waals surface area contributed by atoms with Crippen LogP contribution < -0.4 is 10.2 Å². The maximum Gasteiger partial charge on any atom is 0.307 e. The van der Waals surface area contributed by atoms with E-state index in [2.05, 4.69) is 12.2 Å². The third-order valence-electron chi connectivity index (χ3n) is 2.35. The zero-order chi connectivity index (χ0) is 9.26. The molecule has 3 nitrogen and oxygen atoms in total. The molecule has 1 aromatic heterocycles. The Labute approximate surface area is 81.4 Å². The fourth-order valence-corrected chi connectivity index (χ4v) is 2.78. The van der Waals surface area contributed by atoms with E-state index in [1.165, 1.54) is 21.9 Å². The summed E-state index contributed by atoms with van der Waals surface area (Å²) < 4.78 is 1.95. The molecular weight excluding hydrogens is 184 g/mol. The highest BCUT2D eigenvalue weighted by atomic mass is 32.1. The SMILES string of the molecule is CCCn1c2c(sc1=O)CNCC2. The van der Waals surface area contributed by atoms with E-state index in [9.17, 15) is 4.79 Å². The van der Waals surface area contributed by atoms with Crippen LogP contribution in [-0.4, -0.2) is 11.1 Å². The van der Waals surface area contributed by atoms with Gasteiger partial charge in [-0.2, -0.15) is 0 Å². The van der Waals surface area contributed by atoms with Crippen LogP contribution >= 0.6 is 11.3 Å². The van der Waals surface area contributed by atoms with Crippen LogP contribution in [0, 0.1) is 0 Å². The number of hydrogen-bond donors (Lipinski definition) is 1. The lowest BCUT2D eigenvalue weighted by Gasteiger charge is -2.14. The average Bonchev–Trinajstić information content (AvgIpc) is 2.44. The Hall–Kier alpha value is -0.610. The summed E-state index contributed by atoms with van der Waals surface area (Å²) in [7, 11) is 0. The predicted octanol–water partition coefficient (Wildman–Crippen LogP) is 0.966. The summed E-state index contributed by atoms with van der Waals surface area (Å²) in [6, 6.07) is 0. The second kappa shape index (κ2) is 3.64. The number of thiazole rings is 1. The van der Waals surface area contributed by atoms with E-state index in [4.69, 9.17) is 0 Å².